The van der Waals surface area contributed by atoms with Crippen molar-refractivity contribution in [1.29, 1.82) is 0 Å². The number of rotatable bonds is 5. The Kier molecular flexibility index (Phi) is 4.60. The summed E-state index contributed by atoms with van der Waals surface area (Å²) in [5.74, 6) is 0. The van der Waals surface area contributed by atoms with Crippen molar-refractivity contribution in [3.63, 3.8) is 0 Å². The van der Waals surface area contributed by atoms with Crippen molar-refractivity contribution < 1.29 is 0 Å². The monoisotopic (exact) mass is 192 g/mol. The summed E-state index contributed by atoms with van der Waals surface area (Å²) in [6, 6.07) is 4.54. The van der Waals surface area contributed by atoms with Gasteiger partial charge in [0.05, 0.1) is 5.69 Å². The van der Waals surface area contributed by atoms with Gasteiger partial charge in [-0.2, -0.15) is 0 Å². The maximum Gasteiger partial charge on any atom is 0.0602 e. The van der Waals surface area contributed by atoms with Crippen molar-refractivity contribution in [2.75, 3.05) is 6.54 Å². The van der Waals surface area contributed by atoms with Crippen LogP contribution in [0.5, 0.6) is 0 Å². The normalized spacial score (nSPS) is 12.8. The molecule has 0 aromatic carbocycles. The summed E-state index contributed by atoms with van der Waals surface area (Å²) in [6.07, 6.45) is 4.22. The lowest BCUT2D eigenvalue weighted by atomic mass is 10.0. The Morgan fingerprint density at radius 3 is 2.79 bits per heavy atom. The smallest absolute Gasteiger partial charge is 0.0602 e. The van der Waals surface area contributed by atoms with Gasteiger partial charge < -0.3 is 5.32 Å². The third-order valence-electron chi connectivity index (χ3n) is 2.41. The predicted molar refractivity (Wildman–Crippen MR) is 60.3 cm³/mol. The SMILES string of the molecule is CCCC(NCC)c1ncccc1C. The molecule has 0 aliphatic heterocycles. The van der Waals surface area contributed by atoms with Crippen molar-refractivity contribution in [3.8, 4) is 0 Å². The van der Waals surface area contributed by atoms with E-state index in [0.717, 1.165) is 13.0 Å². The van der Waals surface area contributed by atoms with E-state index in [-0.39, 0.29) is 0 Å². The molecule has 1 rings (SSSR count). The Hall–Kier alpha value is -0.890. The molecule has 0 aliphatic carbocycles. The quantitative estimate of drug-likeness (QED) is 0.776. The molecule has 0 saturated carbocycles. The zero-order valence-corrected chi connectivity index (χ0v) is 9.38. The summed E-state index contributed by atoms with van der Waals surface area (Å²) < 4.78 is 0. The third kappa shape index (κ3) is 2.81. The van der Waals surface area contributed by atoms with Crippen LogP contribution in [0.4, 0.5) is 0 Å². The van der Waals surface area contributed by atoms with Crippen LogP contribution in [0.2, 0.25) is 0 Å². The first-order chi connectivity index (χ1) is 6.79. The highest BCUT2D eigenvalue weighted by Gasteiger charge is 2.11. The average molecular weight is 192 g/mol. The Balaban J connectivity index is 2.81. The molecule has 0 aliphatic rings. The second kappa shape index (κ2) is 5.76. The van der Waals surface area contributed by atoms with Gasteiger partial charge in [0.2, 0.25) is 0 Å². The van der Waals surface area contributed by atoms with E-state index in [0.29, 0.717) is 6.04 Å². The van der Waals surface area contributed by atoms with Crippen LogP contribution in [0.15, 0.2) is 18.3 Å². The van der Waals surface area contributed by atoms with Crippen molar-refractivity contribution in [1.82, 2.24) is 10.3 Å². The van der Waals surface area contributed by atoms with Gasteiger partial charge in [0.1, 0.15) is 0 Å². The lowest BCUT2D eigenvalue weighted by Gasteiger charge is -2.18. The Morgan fingerprint density at radius 2 is 2.21 bits per heavy atom. The third-order valence-corrected chi connectivity index (χ3v) is 2.41. The zero-order chi connectivity index (χ0) is 10.4. The molecule has 0 amide bonds. The van der Waals surface area contributed by atoms with Gasteiger partial charge in [0.15, 0.2) is 0 Å². The van der Waals surface area contributed by atoms with Crippen molar-refractivity contribution >= 4 is 0 Å². The minimum atomic E-state index is 0.422. The number of nitrogens with zero attached hydrogens (tertiary/aromatic N) is 1. The number of hydrogen-bond donors (Lipinski definition) is 1. The number of aryl methyl sites for hydroxylation is 1. The van der Waals surface area contributed by atoms with E-state index in [1.165, 1.54) is 17.7 Å². The standard InChI is InChI=1S/C12H20N2/c1-4-7-11(13-5-2)12-10(3)8-6-9-14-12/h6,8-9,11,13H,4-5,7H2,1-3H3. The van der Waals surface area contributed by atoms with Crippen LogP contribution in [0.3, 0.4) is 0 Å². The van der Waals surface area contributed by atoms with Crippen LogP contribution in [-0.4, -0.2) is 11.5 Å². The molecule has 1 N–H and O–H groups in total. The van der Waals surface area contributed by atoms with Gasteiger partial charge in [-0.1, -0.05) is 26.3 Å². The predicted octanol–water partition coefficient (Wildman–Crippen LogP) is 2.84. The van der Waals surface area contributed by atoms with Crippen molar-refractivity contribution in [2.45, 2.75) is 39.7 Å². The molecule has 0 radical (unpaired) electrons. The topological polar surface area (TPSA) is 24.9 Å². The molecule has 1 aromatic heterocycles. The van der Waals surface area contributed by atoms with Gasteiger partial charge >= 0.3 is 0 Å². The molecule has 78 valence electrons. The summed E-state index contributed by atoms with van der Waals surface area (Å²) in [5.41, 5.74) is 2.49. The first-order valence-corrected chi connectivity index (χ1v) is 5.44. The first-order valence-electron chi connectivity index (χ1n) is 5.44. The van der Waals surface area contributed by atoms with Crippen LogP contribution in [0, 0.1) is 6.92 Å². The molecule has 0 spiro atoms. The van der Waals surface area contributed by atoms with Gasteiger partial charge in [0, 0.05) is 12.2 Å². The fraction of sp³-hybridized carbons (Fsp3) is 0.583. The summed E-state index contributed by atoms with van der Waals surface area (Å²) in [6.45, 7) is 7.48. The van der Waals surface area contributed by atoms with E-state index in [1.54, 1.807) is 0 Å². The van der Waals surface area contributed by atoms with Crippen molar-refractivity contribution in [2.24, 2.45) is 0 Å². The van der Waals surface area contributed by atoms with Crippen molar-refractivity contribution in [3.05, 3.63) is 29.6 Å². The molecule has 0 saturated heterocycles. The molecule has 2 heteroatoms. The number of nitrogens with one attached hydrogen (secondary N) is 1. The lowest BCUT2D eigenvalue weighted by molar-refractivity contribution is 0.496. The molecular weight excluding hydrogens is 172 g/mol. The van der Waals surface area contributed by atoms with Crippen LogP contribution in [0.25, 0.3) is 0 Å². The summed E-state index contributed by atoms with van der Waals surface area (Å²) in [7, 11) is 0. The van der Waals surface area contributed by atoms with Crippen LogP contribution < -0.4 is 5.32 Å². The minimum Gasteiger partial charge on any atom is -0.309 e. The highest BCUT2D eigenvalue weighted by molar-refractivity contribution is 5.20. The Bertz CT molecular complexity index is 265. The Morgan fingerprint density at radius 1 is 1.43 bits per heavy atom. The zero-order valence-electron chi connectivity index (χ0n) is 9.38. The molecule has 0 fully saturated rings. The average Bonchev–Trinajstić information content (AvgIpc) is 2.18. The summed E-state index contributed by atoms with van der Waals surface area (Å²) in [4.78, 5) is 4.45. The molecule has 0 bridgehead atoms. The number of pyridine rings is 1. The highest BCUT2D eigenvalue weighted by Crippen LogP contribution is 2.18. The van der Waals surface area contributed by atoms with E-state index in [2.05, 4.69) is 37.1 Å². The van der Waals surface area contributed by atoms with Gasteiger partial charge in [-0.3, -0.25) is 4.98 Å². The molecule has 1 aromatic rings. The van der Waals surface area contributed by atoms with Gasteiger partial charge in [-0.15, -0.1) is 0 Å². The molecule has 14 heavy (non-hydrogen) atoms. The Labute approximate surface area is 86.8 Å². The maximum atomic E-state index is 4.45. The van der Waals surface area contributed by atoms with E-state index in [1.807, 2.05) is 12.3 Å². The molecule has 1 unspecified atom stereocenters. The fourth-order valence-corrected chi connectivity index (χ4v) is 1.73. The van der Waals surface area contributed by atoms with E-state index in [9.17, 15) is 0 Å². The molecule has 1 atom stereocenters. The second-order valence-corrected chi connectivity index (χ2v) is 3.60. The molecule has 1 heterocycles. The maximum absolute atomic E-state index is 4.45. The second-order valence-electron chi connectivity index (χ2n) is 3.60. The molecular formula is C12H20N2. The van der Waals surface area contributed by atoms with E-state index >= 15 is 0 Å². The fourth-order valence-electron chi connectivity index (χ4n) is 1.73. The molecule has 2 nitrogen and oxygen atoms in total. The van der Waals surface area contributed by atoms with E-state index < -0.39 is 0 Å². The summed E-state index contributed by atoms with van der Waals surface area (Å²) in [5, 5.41) is 3.48. The van der Waals surface area contributed by atoms with Gasteiger partial charge in [-0.25, -0.2) is 0 Å². The summed E-state index contributed by atoms with van der Waals surface area (Å²) >= 11 is 0. The van der Waals surface area contributed by atoms with Gasteiger partial charge in [-0.05, 0) is 31.5 Å². The number of aromatic nitrogens is 1. The van der Waals surface area contributed by atoms with E-state index in [4.69, 9.17) is 0 Å². The number of hydrogen-bond acceptors (Lipinski definition) is 2. The highest BCUT2D eigenvalue weighted by atomic mass is 14.9. The van der Waals surface area contributed by atoms with Crippen LogP contribution in [-0.2, 0) is 0 Å². The first kappa shape index (κ1) is 11.2. The minimum absolute atomic E-state index is 0.422. The van der Waals surface area contributed by atoms with Crippen LogP contribution >= 0.6 is 0 Å². The van der Waals surface area contributed by atoms with Gasteiger partial charge in [0.25, 0.3) is 0 Å². The largest absolute Gasteiger partial charge is 0.309 e. The lowest BCUT2D eigenvalue weighted by Crippen LogP contribution is -2.22. The van der Waals surface area contributed by atoms with Crippen LogP contribution in [0.1, 0.15) is 44.0 Å².